The van der Waals surface area contributed by atoms with Gasteiger partial charge in [-0.1, -0.05) is 6.92 Å². The van der Waals surface area contributed by atoms with Crippen LogP contribution in [0.3, 0.4) is 0 Å². The van der Waals surface area contributed by atoms with Crippen molar-refractivity contribution in [2.45, 2.75) is 39.0 Å². The van der Waals surface area contributed by atoms with Gasteiger partial charge in [0.15, 0.2) is 5.78 Å². The number of amides is 3. The minimum absolute atomic E-state index is 0.0278. The Hall–Kier alpha value is -2.05. The maximum absolute atomic E-state index is 11.6. The lowest BCUT2D eigenvalue weighted by atomic mass is 10.3. The fraction of sp³-hybridized carbons (Fsp3) is 0.583. The smallest absolute Gasteiger partial charge is 0.306 e. The van der Waals surface area contributed by atoms with Crippen LogP contribution < -0.4 is 0 Å². The molecule has 0 unspecified atom stereocenters. The Bertz CT molecular complexity index is 412. The summed E-state index contributed by atoms with van der Waals surface area (Å²) in [5, 5.41) is 0. The van der Waals surface area contributed by atoms with E-state index in [0.717, 1.165) is 0 Å². The van der Waals surface area contributed by atoms with Gasteiger partial charge in [0.1, 0.15) is 6.61 Å². The van der Waals surface area contributed by atoms with Crippen molar-refractivity contribution in [1.82, 2.24) is 4.90 Å². The first-order valence-electron chi connectivity index (χ1n) is 6.01. The second kappa shape index (κ2) is 6.77. The molecule has 1 aliphatic heterocycles. The molecule has 0 bridgehead atoms. The SMILES string of the molecule is CCC(=O)COC(=O)CCC(=O)N1C(=O)CCC1=O. The van der Waals surface area contributed by atoms with Crippen molar-refractivity contribution in [2.24, 2.45) is 0 Å². The van der Waals surface area contributed by atoms with Crippen LogP contribution in [-0.4, -0.2) is 41.0 Å². The first-order valence-corrected chi connectivity index (χ1v) is 6.01. The van der Waals surface area contributed by atoms with Gasteiger partial charge in [0.2, 0.25) is 17.7 Å². The Balaban J connectivity index is 2.34. The molecule has 0 saturated carbocycles. The quantitative estimate of drug-likeness (QED) is 0.496. The van der Waals surface area contributed by atoms with E-state index in [-0.39, 0.29) is 44.5 Å². The van der Waals surface area contributed by atoms with E-state index in [0.29, 0.717) is 4.90 Å². The van der Waals surface area contributed by atoms with E-state index >= 15 is 0 Å². The van der Waals surface area contributed by atoms with Crippen molar-refractivity contribution >= 4 is 29.5 Å². The molecule has 0 aromatic rings. The first kappa shape index (κ1) is 15.0. The Morgan fingerprint density at radius 3 is 2.21 bits per heavy atom. The monoisotopic (exact) mass is 269 g/mol. The van der Waals surface area contributed by atoms with Crippen LogP contribution in [0.4, 0.5) is 0 Å². The fourth-order valence-corrected chi connectivity index (χ4v) is 1.51. The van der Waals surface area contributed by atoms with Crippen LogP contribution in [0, 0.1) is 0 Å². The predicted octanol–water partition coefficient (Wildman–Crippen LogP) is -0.0355. The molecule has 0 atom stereocenters. The number of carbonyl (C=O) groups is 5. The molecule has 0 aromatic heterocycles. The van der Waals surface area contributed by atoms with Crippen LogP contribution in [0.25, 0.3) is 0 Å². The normalized spacial score (nSPS) is 14.7. The lowest BCUT2D eigenvalue weighted by Gasteiger charge is -2.11. The summed E-state index contributed by atoms with van der Waals surface area (Å²) in [5.41, 5.74) is 0. The number of imide groups is 3. The zero-order valence-electron chi connectivity index (χ0n) is 10.6. The van der Waals surface area contributed by atoms with Crippen LogP contribution >= 0.6 is 0 Å². The number of ether oxygens (including phenoxy) is 1. The third-order valence-electron chi connectivity index (χ3n) is 2.63. The molecule has 3 amide bonds. The predicted molar refractivity (Wildman–Crippen MR) is 61.6 cm³/mol. The Labute approximate surface area is 109 Å². The number of rotatable bonds is 6. The van der Waals surface area contributed by atoms with E-state index in [1.807, 2.05) is 0 Å². The number of carbonyl (C=O) groups excluding carboxylic acids is 5. The molecule has 7 nitrogen and oxygen atoms in total. The summed E-state index contributed by atoms with van der Waals surface area (Å²) in [6.45, 7) is 1.33. The third-order valence-corrected chi connectivity index (χ3v) is 2.63. The van der Waals surface area contributed by atoms with Crippen LogP contribution in [0.1, 0.15) is 39.0 Å². The number of likely N-dealkylation sites (tertiary alicyclic amines) is 1. The molecule has 1 fully saturated rings. The molecule has 104 valence electrons. The molecule has 0 radical (unpaired) electrons. The molecule has 0 aromatic carbocycles. The number of hydrogen-bond donors (Lipinski definition) is 0. The van der Waals surface area contributed by atoms with Crippen molar-refractivity contribution < 1.29 is 28.7 Å². The maximum Gasteiger partial charge on any atom is 0.306 e. The van der Waals surface area contributed by atoms with Gasteiger partial charge < -0.3 is 4.74 Å². The average molecular weight is 269 g/mol. The van der Waals surface area contributed by atoms with Gasteiger partial charge in [-0.15, -0.1) is 0 Å². The van der Waals surface area contributed by atoms with Crippen LogP contribution in [0.15, 0.2) is 0 Å². The van der Waals surface area contributed by atoms with Gasteiger partial charge in [-0.3, -0.25) is 24.0 Å². The minimum atomic E-state index is -0.703. The van der Waals surface area contributed by atoms with E-state index in [9.17, 15) is 24.0 Å². The summed E-state index contributed by atoms with van der Waals surface area (Å²) in [5.74, 6) is -2.70. The molecule has 1 rings (SSSR count). The Morgan fingerprint density at radius 1 is 1.11 bits per heavy atom. The highest BCUT2D eigenvalue weighted by Crippen LogP contribution is 2.13. The van der Waals surface area contributed by atoms with Crippen molar-refractivity contribution in [1.29, 1.82) is 0 Å². The minimum Gasteiger partial charge on any atom is -0.458 e. The lowest BCUT2D eigenvalue weighted by Crippen LogP contribution is -2.35. The molecule has 19 heavy (non-hydrogen) atoms. The molecule has 1 aliphatic rings. The molecule has 0 N–H and O–H groups in total. The van der Waals surface area contributed by atoms with Crippen molar-refractivity contribution in [3.63, 3.8) is 0 Å². The van der Waals surface area contributed by atoms with E-state index < -0.39 is 23.7 Å². The van der Waals surface area contributed by atoms with Gasteiger partial charge in [0, 0.05) is 25.7 Å². The van der Waals surface area contributed by atoms with E-state index in [2.05, 4.69) is 4.74 Å². The summed E-state index contributed by atoms with van der Waals surface area (Å²) in [6, 6.07) is 0. The highest BCUT2D eigenvalue weighted by Gasteiger charge is 2.34. The van der Waals surface area contributed by atoms with Gasteiger partial charge in [-0.2, -0.15) is 0 Å². The Morgan fingerprint density at radius 2 is 1.68 bits per heavy atom. The highest BCUT2D eigenvalue weighted by atomic mass is 16.5. The first-order chi connectivity index (χ1) is 8.95. The second-order valence-corrected chi connectivity index (χ2v) is 4.07. The number of ketones is 1. The summed E-state index contributed by atoms with van der Waals surface area (Å²) in [6.07, 6.45) is -0.216. The maximum atomic E-state index is 11.6. The highest BCUT2D eigenvalue weighted by molar-refractivity contribution is 6.15. The lowest BCUT2D eigenvalue weighted by molar-refractivity contribution is -0.153. The van der Waals surface area contributed by atoms with Gasteiger partial charge in [-0.05, 0) is 0 Å². The van der Waals surface area contributed by atoms with E-state index in [4.69, 9.17) is 0 Å². The number of hydrogen-bond acceptors (Lipinski definition) is 6. The summed E-state index contributed by atoms with van der Waals surface area (Å²) in [7, 11) is 0. The van der Waals surface area contributed by atoms with Crippen molar-refractivity contribution in [3.8, 4) is 0 Å². The van der Waals surface area contributed by atoms with Gasteiger partial charge in [-0.25, -0.2) is 4.90 Å². The van der Waals surface area contributed by atoms with Crippen LogP contribution in [0.2, 0.25) is 0 Å². The standard InChI is InChI=1S/C12H15NO6/c1-2-8(14)7-19-12(18)6-5-11(17)13-9(15)3-4-10(13)16/h2-7H2,1H3. The van der Waals surface area contributed by atoms with Crippen LogP contribution in [-0.2, 0) is 28.7 Å². The fourth-order valence-electron chi connectivity index (χ4n) is 1.51. The topological polar surface area (TPSA) is 97.8 Å². The van der Waals surface area contributed by atoms with Gasteiger partial charge in [0.25, 0.3) is 0 Å². The molecule has 0 aliphatic carbocycles. The molecular formula is C12H15NO6. The van der Waals surface area contributed by atoms with E-state index in [1.165, 1.54) is 0 Å². The second-order valence-electron chi connectivity index (χ2n) is 4.07. The zero-order chi connectivity index (χ0) is 14.4. The van der Waals surface area contributed by atoms with Crippen molar-refractivity contribution in [2.75, 3.05) is 6.61 Å². The summed E-state index contributed by atoms with van der Waals surface area (Å²) >= 11 is 0. The largest absolute Gasteiger partial charge is 0.458 e. The molecule has 1 saturated heterocycles. The summed E-state index contributed by atoms with van der Waals surface area (Å²) in [4.78, 5) is 56.8. The summed E-state index contributed by atoms with van der Waals surface area (Å²) < 4.78 is 4.63. The third kappa shape index (κ3) is 4.27. The Kier molecular flexibility index (Phi) is 5.35. The number of esters is 1. The number of Topliss-reactive ketones (excluding diaryl/α,β-unsaturated/α-hetero) is 1. The molecular weight excluding hydrogens is 254 g/mol. The molecule has 1 heterocycles. The number of nitrogens with zero attached hydrogens (tertiary/aromatic N) is 1. The average Bonchev–Trinajstić information content (AvgIpc) is 2.72. The van der Waals surface area contributed by atoms with E-state index in [1.54, 1.807) is 6.92 Å². The van der Waals surface area contributed by atoms with Crippen molar-refractivity contribution in [3.05, 3.63) is 0 Å². The van der Waals surface area contributed by atoms with Crippen LogP contribution in [0.5, 0.6) is 0 Å². The van der Waals surface area contributed by atoms with Gasteiger partial charge >= 0.3 is 5.97 Å². The van der Waals surface area contributed by atoms with Gasteiger partial charge in [0.05, 0.1) is 6.42 Å². The molecule has 0 spiro atoms. The molecule has 7 heteroatoms. The zero-order valence-corrected chi connectivity index (χ0v) is 10.6.